The van der Waals surface area contributed by atoms with E-state index in [9.17, 15) is 14.4 Å². The molecule has 0 aromatic heterocycles. The van der Waals surface area contributed by atoms with E-state index in [1.54, 1.807) is 0 Å². The summed E-state index contributed by atoms with van der Waals surface area (Å²) < 4.78 is 4.78. The summed E-state index contributed by atoms with van der Waals surface area (Å²) in [7, 11) is 0. The van der Waals surface area contributed by atoms with E-state index >= 15 is 0 Å². The first kappa shape index (κ1) is 17.1. The van der Waals surface area contributed by atoms with Crippen LogP contribution in [0.5, 0.6) is 0 Å². The Morgan fingerprint density at radius 2 is 1.95 bits per heavy atom. The Morgan fingerprint density at radius 3 is 2.26 bits per heavy atom. The van der Waals surface area contributed by atoms with Gasteiger partial charge >= 0.3 is 11.9 Å². The zero-order chi connectivity index (χ0) is 15.2. The Labute approximate surface area is 111 Å². The van der Waals surface area contributed by atoms with Crippen molar-refractivity contribution in [1.82, 2.24) is 0 Å². The molecule has 0 saturated carbocycles. The number of carbonyl (C=O) groups excluding carboxylic acids is 2. The quantitative estimate of drug-likeness (QED) is 0.411. The molecule has 0 aromatic carbocycles. The van der Waals surface area contributed by atoms with E-state index in [1.165, 1.54) is 13.8 Å². The molecule has 0 spiro atoms. The van der Waals surface area contributed by atoms with Crippen molar-refractivity contribution in [3.8, 4) is 0 Å². The van der Waals surface area contributed by atoms with Gasteiger partial charge in [-0.05, 0) is 20.3 Å². The predicted octanol–water partition coefficient (Wildman–Crippen LogP) is -0.319. The van der Waals surface area contributed by atoms with Crippen LogP contribution in [0.25, 0.3) is 0 Å². The van der Waals surface area contributed by atoms with Crippen LogP contribution < -0.4 is 5.73 Å². The van der Waals surface area contributed by atoms with E-state index in [-0.39, 0.29) is 18.6 Å². The second kappa shape index (κ2) is 6.89. The monoisotopic (exact) mass is 273 g/mol. The molecule has 0 aliphatic carbocycles. The van der Waals surface area contributed by atoms with Crippen LogP contribution in [0.1, 0.15) is 20.3 Å². The molecule has 0 aliphatic heterocycles. The molecule has 0 radical (unpaired) electrons. The highest BCUT2D eigenvalue weighted by molar-refractivity contribution is 5.87. The number of aliphatic carboxylic acids is 1. The maximum atomic E-state index is 11.3. The fraction of sp³-hybridized carbons (Fsp3) is 0.583. The molecular weight excluding hydrogens is 254 g/mol. The summed E-state index contributed by atoms with van der Waals surface area (Å²) in [5, 5.41) is 18.2. The molecule has 0 bridgehead atoms. The molecule has 0 aromatic rings. The lowest BCUT2D eigenvalue weighted by molar-refractivity contribution is -0.159. The number of hydrogen-bond donors (Lipinski definition) is 3. The Morgan fingerprint density at radius 1 is 1.42 bits per heavy atom. The number of aliphatic hydroxyl groups is 1. The highest BCUT2D eigenvalue weighted by Gasteiger charge is 2.44. The normalized spacial score (nSPS) is 15.1. The van der Waals surface area contributed by atoms with Gasteiger partial charge in [0.2, 0.25) is 5.91 Å². The van der Waals surface area contributed by atoms with Crippen LogP contribution in [0.3, 0.4) is 0 Å². The third kappa shape index (κ3) is 4.36. The highest BCUT2D eigenvalue weighted by atomic mass is 16.5. The number of hydrogen-bond acceptors (Lipinski definition) is 5. The minimum atomic E-state index is -1.71. The average Bonchev–Trinajstić information content (AvgIpc) is 2.32. The highest BCUT2D eigenvalue weighted by Crippen LogP contribution is 2.30. The van der Waals surface area contributed by atoms with Crippen molar-refractivity contribution in [3.05, 3.63) is 12.2 Å². The average molecular weight is 273 g/mol. The van der Waals surface area contributed by atoms with Gasteiger partial charge in [-0.15, -0.1) is 0 Å². The van der Waals surface area contributed by atoms with Gasteiger partial charge < -0.3 is 20.7 Å². The van der Waals surface area contributed by atoms with Crippen molar-refractivity contribution in [2.75, 3.05) is 13.2 Å². The third-order valence-electron chi connectivity index (χ3n) is 2.92. The van der Waals surface area contributed by atoms with Crippen molar-refractivity contribution < 1.29 is 29.3 Å². The molecule has 7 heteroatoms. The van der Waals surface area contributed by atoms with Gasteiger partial charge in [-0.2, -0.15) is 0 Å². The van der Waals surface area contributed by atoms with Crippen LogP contribution in [-0.2, 0) is 19.1 Å². The molecule has 0 fully saturated rings. The largest absolute Gasteiger partial charge is 0.481 e. The van der Waals surface area contributed by atoms with Crippen molar-refractivity contribution in [1.29, 1.82) is 0 Å². The molecule has 19 heavy (non-hydrogen) atoms. The van der Waals surface area contributed by atoms with Gasteiger partial charge in [-0.25, -0.2) is 4.79 Å². The number of primary amides is 1. The predicted molar refractivity (Wildman–Crippen MR) is 65.9 cm³/mol. The number of carboxylic acid groups (broad SMARTS) is 1. The molecular formula is C12H19NO6. The first-order valence-electron chi connectivity index (χ1n) is 5.63. The topological polar surface area (TPSA) is 127 Å². The molecule has 2 unspecified atom stereocenters. The summed E-state index contributed by atoms with van der Waals surface area (Å²) in [6.07, 6.45) is -0.0856. The Kier molecular flexibility index (Phi) is 6.20. The summed E-state index contributed by atoms with van der Waals surface area (Å²) in [6.45, 7) is 5.13. The molecule has 7 nitrogen and oxygen atoms in total. The van der Waals surface area contributed by atoms with Crippen LogP contribution in [0.2, 0.25) is 0 Å². The first-order valence-corrected chi connectivity index (χ1v) is 5.63. The molecule has 0 saturated heterocycles. The number of nitrogens with two attached hydrogens (primary N) is 1. The zero-order valence-corrected chi connectivity index (χ0v) is 11.0. The van der Waals surface area contributed by atoms with Crippen LogP contribution >= 0.6 is 0 Å². The summed E-state index contributed by atoms with van der Waals surface area (Å²) >= 11 is 0. The Hall–Kier alpha value is -1.89. The Balaban J connectivity index is 4.77. The SMILES string of the molecule is C=C(C)C(=O)OCCC(C(N)=O)C(C)(CO)C(=O)O. The third-order valence-corrected chi connectivity index (χ3v) is 2.92. The van der Waals surface area contributed by atoms with Gasteiger partial charge in [-0.3, -0.25) is 9.59 Å². The zero-order valence-electron chi connectivity index (χ0n) is 11.0. The number of rotatable bonds is 8. The standard InChI is InChI=1S/C12H19NO6/c1-7(2)10(16)19-5-4-8(9(13)15)12(3,6-14)11(17)18/h8,14H,1,4-6H2,2-3H3,(H2,13,15)(H,17,18). The van der Waals surface area contributed by atoms with Crippen molar-refractivity contribution in [2.45, 2.75) is 20.3 Å². The molecule has 108 valence electrons. The number of esters is 1. The molecule has 0 heterocycles. The number of carbonyl (C=O) groups is 3. The second-order valence-corrected chi connectivity index (χ2v) is 4.54. The van der Waals surface area contributed by atoms with E-state index in [1.807, 2.05) is 0 Å². The van der Waals surface area contributed by atoms with E-state index in [4.69, 9.17) is 20.7 Å². The fourth-order valence-electron chi connectivity index (χ4n) is 1.49. The van der Waals surface area contributed by atoms with Gasteiger partial charge in [0, 0.05) is 5.57 Å². The van der Waals surface area contributed by atoms with Crippen molar-refractivity contribution >= 4 is 17.8 Å². The van der Waals surface area contributed by atoms with Gasteiger partial charge in [0.25, 0.3) is 0 Å². The summed E-state index contributed by atoms with van der Waals surface area (Å²) in [6, 6.07) is 0. The van der Waals surface area contributed by atoms with Crippen molar-refractivity contribution in [2.24, 2.45) is 17.1 Å². The fourth-order valence-corrected chi connectivity index (χ4v) is 1.49. The Bertz CT molecular complexity index is 392. The van der Waals surface area contributed by atoms with E-state index in [0.717, 1.165) is 0 Å². The van der Waals surface area contributed by atoms with Crippen LogP contribution in [0.4, 0.5) is 0 Å². The van der Waals surface area contributed by atoms with Gasteiger partial charge in [0.1, 0.15) is 0 Å². The molecule has 0 rings (SSSR count). The number of carboxylic acids is 1. The van der Waals surface area contributed by atoms with Gasteiger partial charge in [0.15, 0.2) is 0 Å². The maximum absolute atomic E-state index is 11.3. The minimum Gasteiger partial charge on any atom is -0.481 e. The van der Waals surface area contributed by atoms with E-state index in [0.29, 0.717) is 0 Å². The molecule has 4 N–H and O–H groups in total. The smallest absolute Gasteiger partial charge is 0.333 e. The lowest BCUT2D eigenvalue weighted by atomic mass is 9.75. The lowest BCUT2D eigenvalue weighted by Crippen LogP contribution is -2.46. The second-order valence-electron chi connectivity index (χ2n) is 4.54. The van der Waals surface area contributed by atoms with Gasteiger partial charge in [-0.1, -0.05) is 6.58 Å². The van der Waals surface area contributed by atoms with E-state index in [2.05, 4.69) is 6.58 Å². The summed E-state index contributed by atoms with van der Waals surface area (Å²) in [5.41, 5.74) is 3.63. The van der Waals surface area contributed by atoms with Gasteiger partial charge in [0.05, 0.1) is 24.5 Å². The minimum absolute atomic E-state index is 0.0856. The van der Waals surface area contributed by atoms with Crippen LogP contribution in [0, 0.1) is 11.3 Å². The number of amides is 1. The maximum Gasteiger partial charge on any atom is 0.333 e. The first-order chi connectivity index (χ1) is 8.66. The number of aliphatic hydroxyl groups excluding tert-OH is 1. The van der Waals surface area contributed by atoms with Crippen LogP contribution in [0.15, 0.2) is 12.2 Å². The molecule has 0 aliphatic rings. The number of ether oxygens (including phenoxy) is 1. The van der Waals surface area contributed by atoms with E-state index < -0.39 is 35.8 Å². The summed E-state index contributed by atoms with van der Waals surface area (Å²) in [5.74, 6) is -3.99. The van der Waals surface area contributed by atoms with Crippen LogP contribution in [-0.4, -0.2) is 41.3 Å². The molecule has 1 amide bonds. The van der Waals surface area contributed by atoms with Crippen molar-refractivity contribution in [3.63, 3.8) is 0 Å². The lowest BCUT2D eigenvalue weighted by Gasteiger charge is -2.29. The summed E-state index contributed by atoms with van der Waals surface area (Å²) in [4.78, 5) is 33.6. The molecule has 2 atom stereocenters.